The molecule has 0 fully saturated rings. The molecule has 2 aromatic rings. The van der Waals surface area contributed by atoms with Crippen molar-refractivity contribution in [3.05, 3.63) is 41.2 Å². The van der Waals surface area contributed by atoms with Crippen LogP contribution in [-0.4, -0.2) is 10.7 Å². The van der Waals surface area contributed by atoms with Gasteiger partial charge in [-0.15, -0.1) is 0 Å². The lowest BCUT2D eigenvalue weighted by molar-refractivity contribution is 1.35. The quantitative estimate of drug-likeness (QED) is 0.419. The first-order valence-electron chi connectivity index (χ1n) is 4.46. The van der Waals surface area contributed by atoms with Crippen LogP contribution in [-0.2, 0) is 0 Å². The lowest BCUT2D eigenvalue weighted by atomic mass is 10.1. The van der Waals surface area contributed by atoms with Gasteiger partial charge in [0, 0.05) is 17.0 Å². The first-order chi connectivity index (χ1) is 7.33. The van der Waals surface area contributed by atoms with Crippen molar-refractivity contribution in [3.8, 4) is 11.8 Å². The Morgan fingerprint density at radius 1 is 1.27 bits per heavy atom. The Balaban J connectivity index is 2.72. The van der Waals surface area contributed by atoms with Gasteiger partial charge in [-0.05, 0) is 0 Å². The maximum Gasteiger partial charge on any atom is 0.136 e. The number of rotatable bonds is 0. The van der Waals surface area contributed by atoms with Crippen molar-refractivity contribution < 1.29 is 0 Å². The summed E-state index contributed by atoms with van der Waals surface area (Å²) < 4.78 is 0. The third-order valence-electron chi connectivity index (χ3n) is 2.05. The van der Waals surface area contributed by atoms with E-state index in [1.807, 2.05) is 24.3 Å². The van der Waals surface area contributed by atoms with Crippen LogP contribution in [0, 0.1) is 11.8 Å². The van der Waals surface area contributed by atoms with Gasteiger partial charge in [-0.1, -0.05) is 47.7 Å². The van der Waals surface area contributed by atoms with E-state index in [1.54, 1.807) is 6.20 Å². The average molecular weight is 234 g/mol. The normalized spacial score (nSPS) is 9.73. The number of halogens is 1. The molecule has 1 nitrogen and oxygen atoms in total. The van der Waals surface area contributed by atoms with Crippen LogP contribution >= 0.6 is 24.2 Å². The second-order valence-electron chi connectivity index (χ2n) is 2.97. The maximum absolute atomic E-state index is 5.99. The molecule has 1 aromatic carbocycles. The largest absolute Gasteiger partial charge is 0.243 e. The molecule has 0 saturated heterocycles. The number of fused-ring (bicyclic) bond motifs is 1. The number of hydrogen-bond donors (Lipinski definition) is 1. The standard InChI is InChI=1S/C12H8ClNS/c13-12-11-6-2-1-5-10(11)9(8-14-12)4-3-7-15/h1-2,5-6,8,15H,7H2. The molecule has 74 valence electrons. The third kappa shape index (κ3) is 2.09. The molecule has 0 atom stereocenters. The molecule has 1 heterocycles. The van der Waals surface area contributed by atoms with Crippen molar-refractivity contribution in [2.75, 3.05) is 5.75 Å². The van der Waals surface area contributed by atoms with Crippen LogP contribution in [0.15, 0.2) is 30.5 Å². The van der Waals surface area contributed by atoms with E-state index < -0.39 is 0 Å². The topological polar surface area (TPSA) is 12.9 Å². The Morgan fingerprint density at radius 3 is 2.73 bits per heavy atom. The van der Waals surface area contributed by atoms with Gasteiger partial charge in [0.25, 0.3) is 0 Å². The SMILES string of the molecule is SCC#Cc1cnc(Cl)c2ccccc12. The second-order valence-corrected chi connectivity index (χ2v) is 3.64. The number of hydrogen-bond acceptors (Lipinski definition) is 2. The molecule has 0 aliphatic carbocycles. The summed E-state index contributed by atoms with van der Waals surface area (Å²) in [6, 6.07) is 7.83. The molecular formula is C12H8ClNS. The fourth-order valence-corrected chi connectivity index (χ4v) is 1.69. The lowest BCUT2D eigenvalue weighted by Gasteiger charge is -2.01. The van der Waals surface area contributed by atoms with E-state index in [4.69, 9.17) is 11.6 Å². The first-order valence-corrected chi connectivity index (χ1v) is 5.47. The summed E-state index contributed by atoms with van der Waals surface area (Å²) in [5.74, 6) is 6.46. The van der Waals surface area contributed by atoms with Crippen LogP contribution in [0.2, 0.25) is 5.15 Å². The van der Waals surface area contributed by atoms with E-state index in [0.29, 0.717) is 10.9 Å². The average Bonchev–Trinajstić information content (AvgIpc) is 2.29. The highest BCUT2D eigenvalue weighted by Crippen LogP contribution is 2.23. The molecule has 0 bridgehead atoms. The Morgan fingerprint density at radius 2 is 2.00 bits per heavy atom. The molecule has 0 N–H and O–H groups in total. The predicted octanol–water partition coefficient (Wildman–Crippen LogP) is 3.17. The monoisotopic (exact) mass is 233 g/mol. The van der Waals surface area contributed by atoms with E-state index in [2.05, 4.69) is 29.5 Å². The van der Waals surface area contributed by atoms with Crippen LogP contribution in [0.5, 0.6) is 0 Å². The molecular weight excluding hydrogens is 226 g/mol. The van der Waals surface area contributed by atoms with Gasteiger partial charge in [0.05, 0.1) is 11.3 Å². The smallest absolute Gasteiger partial charge is 0.136 e. The molecule has 0 aliphatic heterocycles. The van der Waals surface area contributed by atoms with Crippen LogP contribution in [0.25, 0.3) is 10.8 Å². The molecule has 1 aromatic heterocycles. The van der Waals surface area contributed by atoms with Crippen molar-refractivity contribution in [1.29, 1.82) is 0 Å². The molecule has 0 unspecified atom stereocenters. The van der Waals surface area contributed by atoms with E-state index in [-0.39, 0.29) is 0 Å². The van der Waals surface area contributed by atoms with E-state index in [0.717, 1.165) is 16.3 Å². The first kappa shape index (κ1) is 10.4. The zero-order valence-electron chi connectivity index (χ0n) is 7.87. The summed E-state index contributed by atoms with van der Waals surface area (Å²) in [5.41, 5.74) is 0.893. The molecule has 0 aliphatic rings. The Kier molecular flexibility index (Phi) is 3.15. The summed E-state index contributed by atoms with van der Waals surface area (Å²) in [6.07, 6.45) is 1.70. The van der Waals surface area contributed by atoms with E-state index in [9.17, 15) is 0 Å². The Hall–Kier alpha value is -1.17. The van der Waals surface area contributed by atoms with Crippen molar-refractivity contribution in [2.24, 2.45) is 0 Å². The number of benzene rings is 1. The molecule has 0 saturated carbocycles. The van der Waals surface area contributed by atoms with Crippen LogP contribution < -0.4 is 0 Å². The van der Waals surface area contributed by atoms with E-state index >= 15 is 0 Å². The summed E-state index contributed by atoms with van der Waals surface area (Å²) in [4.78, 5) is 4.10. The number of thiol groups is 1. The number of aromatic nitrogens is 1. The summed E-state index contributed by atoms with van der Waals surface area (Å²) in [6.45, 7) is 0. The van der Waals surface area contributed by atoms with Gasteiger partial charge in [-0.2, -0.15) is 12.6 Å². The van der Waals surface area contributed by atoms with Crippen molar-refractivity contribution in [1.82, 2.24) is 4.98 Å². The second kappa shape index (κ2) is 4.57. The van der Waals surface area contributed by atoms with Crippen molar-refractivity contribution in [3.63, 3.8) is 0 Å². The fourth-order valence-electron chi connectivity index (χ4n) is 1.39. The molecule has 2 rings (SSSR count). The molecule has 0 amide bonds. The molecule has 15 heavy (non-hydrogen) atoms. The third-order valence-corrected chi connectivity index (χ3v) is 2.51. The fraction of sp³-hybridized carbons (Fsp3) is 0.0833. The Bertz CT molecular complexity index is 554. The highest BCUT2D eigenvalue weighted by molar-refractivity contribution is 7.80. The molecule has 3 heteroatoms. The minimum absolute atomic E-state index is 0.516. The van der Waals surface area contributed by atoms with Gasteiger partial charge in [0.15, 0.2) is 0 Å². The van der Waals surface area contributed by atoms with Crippen LogP contribution in [0.3, 0.4) is 0 Å². The zero-order chi connectivity index (χ0) is 10.7. The predicted molar refractivity (Wildman–Crippen MR) is 67.5 cm³/mol. The van der Waals surface area contributed by atoms with Gasteiger partial charge >= 0.3 is 0 Å². The highest BCUT2D eigenvalue weighted by atomic mass is 35.5. The maximum atomic E-state index is 5.99. The zero-order valence-corrected chi connectivity index (χ0v) is 9.52. The van der Waals surface area contributed by atoms with Gasteiger partial charge < -0.3 is 0 Å². The minimum Gasteiger partial charge on any atom is -0.243 e. The van der Waals surface area contributed by atoms with Gasteiger partial charge in [0.1, 0.15) is 5.15 Å². The summed E-state index contributed by atoms with van der Waals surface area (Å²) in [7, 11) is 0. The molecule has 0 radical (unpaired) electrons. The minimum atomic E-state index is 0.516. The summed E-state index contributed by atoms with van der Waals surface area (Å²) >= 11 is 10.0. The lowest BCUT2D eigenvalue weighted by Crippen LogP contribution is -1.84. The van der Waals surface area contributed by atoms with Gasteiger partial charge in [-0.3, -0.25) is 0 Å². The Labute approximate surface area is 98.9 Å². The number of pyridine rings is 1. The highest BCUT2D eigenvalue weighted by Gasteiger charge is 2.02. The van der Waals surface area contributed by atoms with Crippen molar-refractivity contribution >= 4 is 35.0 Å². The van der Waals surface area contributed by atoms with Gasteiger partial charge in [-0.25, -0.2) is 4.98 Å². The molecule has 0 spiro atoms. The van der Waals surface area contributed by atoms with Crippen LogP contribution in [0.4, 0.5) is 0 Å². The van der Waals surface area contributed by atoms with E-state index in [1.165, 1.54) is 0 Å². The van der Waals surface area contributed by atoms with Gasteiger partial charge in [0.2, 0.25) is 0 Å². The summed E-state index contributed by atoms with van der Waals surface area (Å²) in [5, 5.41) is 2.49. The van der Waals surface area contributed by atoms with Crippen LogP contribution in [0.1, 0.15) is 5.56 Å². The van der Waals surface area contributed by atoms with Crippen molar-refractivity contribution in [2.45, 2.75) is 0 Å². The number of nitrogens with zero attached hydrogens (tertiary/aromatic N) is 1.